The molecule has 3 N–H and O–H groups in total. The topological polar surface area (TPSA) is 58.4 Å². The fraction of sp³-hybridized carbons (Fsp3) is 0.417. The quantitative estimate of drug-likeness (QED) is 0.491. The lowest BCUT2D eigenvalue weighted by molar-refractivity contribution is -0.137. The number of carbonyl (C=O) groups excluding carboxylic acids is 1. The first-order valence-corrected chi connectivity index (χ1v) is 5.90. The second-order valence-corrected chi connectivity index (χ2v) is 4.40. The van der Waals surface area contributed by atoms with Gasteiger partial charge in [-0.25, -0.2) is 5.84 Å². The van der Waals surface area contributed by atoms with Crippen LogP contribution in [0, 0.1) is 0 Å². The Bertz CT molecular complexity index is 482. The number of halogens is 3. The van der Waals surface area contributed by atoms with Gasteiger partial charge in [0.15, 0.2) is 0 Å². The van der Waals surface area contributed by atoms with Crippen LogP contribution in [0.3, 0.4) is 0 Å². The molecular formula is C12H14F3N3O. The van der Waals surface area contributed by atoms with Gasteiger partial charge in [0.05, 0.1) is 5.56 Å². The van der Waals surface area contributed by atoms with Crippen molar-refractivity contribution in [3.8, 4) is 0 Å². The molecule has 1 fully saturated rings. The summed E-state index contributed by atoms with van der Waals surface area (Å²) in [6, 6.07) is 3.30. The summed E-state index contributed by atoms with van der Waals surface area (Å²) in [5.74, 6) is 4.39. The summed E-state index contributed by atoms with van der Waals surface area (Å²) < 4.78 is 38.9. The number of rotatable bonds is 2. The molecule has 1 aliphatic heterocycles. The first kappa shape index (κ1) is 13.7. The number of hydrogen-bond donors (Lipinski definition) is 2. The van der Waals surface area contributed by atoms with Crippen molar-refractivity contribution in [3.05, 3.63) is 29.3 Å². The summed E-state index contributed by atoms with van der Waals surface area (Å²) in [6.07, 6.45) is -2.73. The van der Waals surface area contributed by atoms with Crippen LogP contribution in [0.25, 0.3) is 0 Å². The molecule has 0 aromatic heterocycles. The number of nitrogens with zero attached hydrogens (tertiary/aromatic N) is 1. The molecule has 1 saturated heterocycles. The maximum atomic E-state index is 13.0. The van der Waals surface area contributed by atoms with E-state index in [-0.39, 0.29) is 11.3 Å². The summed E-state index contributed by atoms with van der Waals surface area (Å²) >= 11 is 0. The maximum Gasteiger partial charge on any atom is 0.418 e. The van der Waals surface area contributed by atoms with Crippen LogP contribution in [0.15, 0.2) is 18.2 Å². The Balaban J connectivity index is 2.47. The molecule has 0 spiro atoms. The standard InChI is InChI=1S/C12H14F3N3O/c13-12(14,15)9-4-3-8(11(19)17-16)7-10(9)18-5-1-2-6-18/h3-4,7H,1-2,5-6,16H2,(H,17,19). The first-order chi connectivity index (χ1) is 8.93. The maximum absolute atomic E-state index is 13.0. The summed E-state index contributed by atoms with van der Waals surface area (Å²) in [5, 5.41) is 0. The monoisotopic (exact) mass is 273 g/mol. The van der Waals surface area contributed by atoms with E-state index < -0.39 is 17.6 Å². The number of nitrogen functional groups attached to an aromatic ring is 1. The largest absolute Gasteiger partial charge is 0.418 e. The Hall–Kier alpha value is -1.76. The van der Waals surface area contributed by atoms with Gasteiger partial charge in [0.25, 0.3) is 5.91 Å². The van der Waals surface area contributed by atoms with Crippen LogP contribution in [0.1, 0.15) is 28.8 Å². The Morgan fingerprint density at radius 2 is 1.89 bits per heavy atom. The SMILES string of the molecule is NNC(=O)c1ccc(C(F)(F)F)c(N2CCCC2)c1. The molecule has 0 aliphatic carbocycles. The summed E-state index contributed by atoms with van der Waals surface area (Å²) in [5.41, 5.74) is 1.37. The van der Waals surface area contributed by atoms with Crippen molar-refractivity contribution >= 4 is 11.6 Å². The molecule has 104 valence electrons. The molecule has 0 saturated carbocycles. The highest BCUT2D eigenvalue weighted by Gasteiger charge is 2.35. The van der Waals surface area contributed by atoms with Gasteiger partial charge >= 0.3 is 6.18 Å². The molecule has 0 bridgehead atoms. The van der Waals surface area contributed by atoms with E-state index in [1.54, 1.807) is 4.90 Å². The molecule has 2 rings (SSSR count). The predicted molar refractivity (Wildman–Crippen MR) is 64.5 cm³/mol. The molecule has 1 amide bonds. The normalized spacial score (nSPS) is 15.7. The molecule has 1 aromatic rings. The van der Waals surface area contributed by atoms with Crippen LogP contribution in [0.4, 0.5) is 18.9 Å². The van der Waals surface area contributed by atoms with E-state index in [9.17, 15) is 18.0 Å². The predicted octanol–water partition coefficient (Wildman–Crippen LogP) is 1.91. The number of benzene rings is 1. The van der Waals surface area contributed by atoms with Gasteiger partial charge in [-0.3, -0.25) is 10.2 Å². The summed E-state index contributed by atoms with van der Waals surface area (Å²) in [6.45, 7) is 1.13. The molecule has 0 unspecified atom stereocenters. The van der Waals surface area contributed by atoms with Gasteiger partial charge in [-0.1, -0.05) is 0 Å². The lowest BCUT2D eigenvalue weighted by Crippen LogP contribution is -2.30. The average molecular weight is 273 g/mol. The molecule has 4 nitrogen and oxygen atoms in total. The first-order valence-electron chi connectivity index (χ1n) is 5.90. The van der Waals surface area contributed by atoms with Crippen LogP contribution in [0.2, 0.25) is 0 Å². The molecule has 0 atom stereocenters. The zero-order valence-electron chi connectivity index (χ0n) is 10.1. The number of hydrogen-bond acceptors (Lipinski definition) is 3. The van der Waals surface area contributed by atoms with Gasteiger partial charge < -0.3 is 4.90 Å². The van der Waals surface area contributed by atoms with E-state index >= 15 is 0 Å². The fourth-order valence-corrected chi connectivity index (χ4v) is 2.22. The van der Waals surface area contributed by atoms with Crippen molar-refractivity contribution in [2.75, 3.05) is 18.0 Å². The number of hydrazine groups is 1. The van der Waals surface area contributed by atoms with Crippen molar-refractivity contribution < 1.29 is 18.0 Å². The number of carbonyl (C=O) groups is 1. The number of amides is 1. The van der Waals surface area contributed by atoms with Crippen molar-refractivity contribution in [3.63, 3.8) is 0 Å². The van der Waals surface area contributed by atoms with Gasteiger partial charge in [0.2, 0.25) is 0 Å². The van der Waals surface area contributed by atoms with Gasteiger partial charge in [-0.05, 0) is 31.0 Å². The highest BCUT2D eigenvalue weighted by Crippen LogP contribution is 2.38. The van der Waals surface area contributed by atoms with Crippen molar-refractivity contribution in [1.29, 1.82) is 0 Å². The zero-order chi connectivity index (χ0) is 14.0. The Kier molecular flexibility index (Phi) is 3.66. The van der Waals surface area contributed by atoms with Gasteiger partial charge in [0.1, 0.15) is 0 Å². The molecule has 1 heterocycles. The van der Waals surface area contributed by atoms with E-state index in [0.29, 0.717) is 13.1 Å². The third-order valence-corrected chi connectivity index (χ3v) is 3.14. The van der Waals surface area contributed by atoms with Crippen molar-refractivity contribution in [2.24, 2.45) is 5.84 Å². The van der Waals surface area contributed by atoms with Crippen LogP contribution >= 0.6 is 0 Å². The lowest BCUT2D eigenvalue weighted by Gasteiger charge is -2.23. The van der Waals surface area contributed by atoms with Crippen molar-refractivity contribution in [1.82, 2.24) is 5.43 Å². The van der Waals surface area contributed by atoms with Crippen LogP contribution in [0.5, 0.6) is 0 Å². The van der Waals surface area contributed by atoms with Crippen molar-refractivity contribution in [2.45, 2.75) is 19.0 Å². The molecule has 19 heavy (non-hydrogen) atoms. The minimum Gasteiger partial charge on any atom is -0.371 e. The Labute approximate surface area is 108 Å². The fourth-order valence-electron chi connectivity index (χ4n) is 2.22. The molecule has 7 heteroatoms. The number of anilines is 1. The number of alkyl halides is 3. The third-order valence-electron chi connectivity index (χ3n) is 3.14. The smallest absolute Gasteiger partial charge is 0.371 e. The van der Waals surface area contributed by atoms with Gasteiger partial charge in [-0.15, -0.1) is 0 Å². The van der Waals surface area contributed by atoms with E-state index in [1.807, 2.05) is 5.43 Å². The number of nitrogens with two attached hydrogens (primary N) is 1. The number of nitrogens with one attached hydrogen (secondary N) is 1. The lowest BCUT2D eigenvalue weighted by atomic mass is 10.1. The second kappa shape index (κ2) is 5.08. The highest BCUT2D eigenvalue weighted by atomic mass is 19.4. The average Bonchev–Trinajstić information content (AvgIpc) is 2.89. The minimum absolute atomic E-state index is 0.0473. The van der Waals surface area contributed by atoms with Crippen LogP contribution in [-0.4, -0.2) is 19.0 Å². The summed E-state index contributed by atoms with van der Waals surface area (Å²) in [7, 11) is 0. The van der Waals surface area contributed by atoms with Gasteiger partial charge in [-0.2, -0.15) is 13.2 Å². The molecular weight excluding hydrogens is 259 g/mol. The molecule has 0 radical (unpaired) electrons. The molecule has 1 aliphatic rings. The third kappa shape index (κ3) is 2.81. The summed E-state index contributed by atoms with van der Waals surface area (Å²) in [4.78, 5) is 13.1. The van der Waals surface area contributed by atoms with E-state index in [2.05, 4.69) is 0 Å². The highest BCUT2D eigenvalue weighted by molar-refractivity contribution is 5.95. The van der Waals surface area contributed by atoms with Crippen LogP contribution in [-0.2, 0) is 6.18 Å². The van der Waals surface area contributed by atoms with Gasteiger partial charge in [0, 0.05) is 24.3 Å². The Morgan fingerprint density at radius 1 is 1.26 bits per heavy atom. The Morgan fingerprint density at radius 3 is 2.42 bits per heavy atom. The minimum atomic E-state index is -4.43. The van der Waals surface area contributed by atoms with E-state index in [4.69, 9.17) is 5.84 Å². The van der Waals surface area contributed by atoms with E-state index in [0.717, 1.165) is 25.0 Å². The zero-order valence-corrected chi connectivity index (χ0v) is 10.1. The molecule has 1 aromatic carbocycles. The van der Waals surface area contributed by atoms with Crippen LogP contribution < -0.4 is 16.2 Å². The van der Waals surface area contributed by atoms with E-state index in [1.165, 1.54) is 6.07 Å². The second-order valence-electron chi connectivity index (χ2n) is 4.40.